The van der Waals surface area contributed by atoms with Crippen molar-refractivity contribution in [2.45, 2.75) is 38.8 Å². The first kappa shape index (κ1) is 13.4. The molecule has 1 aromatic carbocycles. The molecule has 2 aliphatic heterocycles. The molecule has 20 heavy (non-hydrogen) atoms. The molecule has 3 rings (SSSR count). The minimum absolute atomic E-state index is 0.144. The number of halogens is 1. The lowest BCUT2D eigenvalue weighted by molar-refractivity contribution is 0.210. The molecule has 0 aliphatic carbocycles. The number of nitrogens with one attached hydrogen (secondary N) is 1. The van der Waals surface area contributed by atoms with E-state index in [0.29, 0.717) is 6.04 Å². The second-order valence-corrected chi connectivity index (χ2v) is 6.07. The topological polar surface area (TPSA) is 27.6 Å². The predicted octanol–water partition coefficient (Wildman–Crippen LogP) is 2.95. The number of guanidine groups is 1. The maximum atomic E-state index is 13.0. The fourth-order valence-electron chi connectivity index (χ4n) is 3.10. The van der Waals surface area contributed by atoms with Crippen LogP contribution < -0.4 is 5.32 Å². The van der Waals surface area contributed by atoms with E-state index in [0.717, 1.165) is 30.5 Å². The lowest BCUT2D eigenvalue weighted by atomic mass is 9.95. The molecule has 0 bridgehead atoms. The fraction of sp³-hybridized carbons (Fsp3) is 0.562. The molecule has 0 amide bonds. The van der Waals surface area contributed by atoms with Crippen LogP contribution in [0.1, 0.15) is 38.3 Å². The van der Waals surface area contributed by atoms with Gasteiger partial charge >= 0.3 is 0 Å². The summed E-state index contributed by atoms with van der Waals surface area (Å²) in [5.41, 5.74) is 1.09. The van der Waals surface area contributed by atoms with E-state index in [1.54, 1.807) is 0 Å². The van der Waals surface area contributed by atoms with Crippen LogP contribution >= 0.6 is 0 Å². The first-order valence-corrected chi connectivity index (χ1v) is 7.46. The summed E-state index contributed by atoms with van der Waals surface area (Å²) in [6.45, 7) is 6.39. The highest BCUT2D eigenvalue weighted by molar-refractivity contribution is 5.82. The third kappa shape index (κ3) is 2.65. The molecule has 108 valence electrons. The minimum Gasteiger partial charge on any atom is -0.350 e. The van der Waals surface area contributed by atoms with Crippen molar-refractivity contribution >= 4 is 5.96 Å². The van der Waals surface area contributed by atoms with Gasteiger partial charge in [-0.25, -0.2) is 4.39 Å². The third-order valence-electron chi connectivity index (χ3n) is 4.38. The summed E-state index contributed by atoms with van der Waals surface area (Å²) >= 11 is 0. The van der Waals surface area contributed by atoms with Crippen molar-refractivity contribution < 1.29 is 4.39 Å². The van der Waals surface area contributed by atoms with Gasteiger partial charge in [0.15, 0.2) is 5.96 Å². The summed E-state index contributed by atoms with van der Waals surface area (Å²) in [7, 11) is 0. The zero-order valence-electron chi connectivity index (χ0n) is 12.1. The SMILES string of the molecule is CC1CCC2CN=C(N[C@@H](C)c3ccc(F)cc3)N2C1. The molecule has 1 aromatic rings. The van der Waals surface area contributed by atoms with Crippen LogP contribution in [-0.4, -0.2) is 30.0 Å². The molecule has 1 N–H and O–H groups in total. The largest absolute Gasteiger partial charge is 0.350 e. The lowest BCUT2D eigenvalue weighted by Crippen LogP contribution is -2.48. The van der Waals surface area contributed by atoms with Crippen molar-refractivity contribution in [1.29, 1.82) is 0 Å². The molecule has 4 heteroatoms. The molecule has 2 unspecified atom stereocenters. The highest BCUT2D eigenvalue weighted by Crippen LogP contribution is 2.26. The maximum absolute atomic E-state index is 13.0. The van der Waals surface area contributed by atoms with Crippen molar-refractivity contribution in [2.24, 2.45) is 10.9 Å². The quantitative estimate of drug-likeness (QED) is 0.898. The summed E-state index contributed by atoms with van der Waals surface area (Å²) in [6, 6.07) is 7.41. The molecule has 3 atom stereocenters. The maximum Gasteiger partial charge on any atom is 0.194 e. The number of rotatable bonds is 2. The Bertz CT molecular complexity index is 497. The third-order valence-corrected chi connectivity index (χ3v) is 4.38. The summed E-state index contributed by atoms with van der Waals surface area (Å²) in [6.07, 6.45) is 2.54. The minimum atomic E-state index is -0.191. The molecular weight excluding hydrogens is 253 g/mol. The first-order chi connectivity index (χ1) is 9.63. The summed E-state index contributed by atoms with van der Waals surface area (Å²) in [4.78, 5) is 7.07. The van der Waals surface area contributed by atoms with Gasteiger partial charge in [-0.1, -0.05) is 19.1 Å². The van der Waals surface area contributed by atoms with Crippen LogP contribution in [-0.2, 0) is 0 Å². The van der Waals surface area contributed by atoms with Crippen molar-refractivity contribution in [3.05, 3.63) is 35.6 Å². The number of nitrogens with zero attached hydrogens (tertiary/aromatic N) is 2. The van der Waals surface area contributed by atoms with E-state index in [1.165, 1.54) is 25.0 Å². The van der Waals surface area contributed by atoms with Gasteiger partial charge in [0.25, 0.3) is 0 Å². The summed E-state index contributed by atoms with van der Waals surface area (Å²) in [5.74, 6) is 1.56. The van der Waals surface area contributed by atoms with Crippen molar-refractivity contribution in [2.75, 3.05) is 13.1 Å². The van der Waals surface area contributed by atoms with Crippen LogP contribution in [0.4, 0.5) is 4.39 Å². The van der Waals surface area contributed by atoms with E-state index in [2.05, 4.69) is 29.1 Å². The van der Waals surface area contributed by atoms with E-state index < -0.39 is 0 Å². The number of benzene rings is 1. The van der Waals surface area contributed by atoms with Gasteiger partial charge in [-0.2, -0.15) is 0 Å². The molecule has 1 fully saturated rings. The second-order valence-electron chi connectivity index (χ2n) is 6.07. The average molecular weight is 275 g/mol. The number of piperidine rings is 1. The Labute approximate surface area is 119 Å². The highest BCUT2D eigenvalue weighted by Gasteiger charge is 2.33. The van der Waals surface area contributed by atoms with E-state index in [-0.39, 0.29) is 11.9 Å². The molecule has 0 radical (unpaired) electrons. The van der Waals surface area contributed by atoms with E-state index >= 15 is 0 Å². The molecule has 2 aliphatic rings. The van der Waals surface area contributed by atoms with Gasteiger partial charge < -0.3 is 10.2 Å². The van der Waals surface area contributed by atoms with Crippen LogP contribution in [0.3, 0.4) is 0 Å². The van der Waals surface area contributed by atoms with Gasteiger partial charge in [0.05, 0.1) is 18.6 Å². The van der Waals surface area contributed by atoms with Crippen molar-refractivity contribution in [1.82, 2.24) is 10.2 Å². The normalized spacial score (nSPS) is 26.9. The van der Waals surface area contributed by atoms with Gasteiger partial charge in [-0.05, 0) is 43.4 Å². The van der Waals surface area contributed by atoms with E-state index in [4.69, 9.17) is 0 Å². The van der Waals surface area contributed by atoms with E-state index in [9.17, 15) is 4.39 Å². The van der Waals surface area contributed by atoms with Crippen LogP contribution in [0.2, 0.25) is 0 Å². The van der Waals surface area contributed by atoms with Gasteiger partial charge in [0.2, 0.25) is 0 Å². The Balaban J connectivity index is 1.67. The van der Waals surface area contributed by atoms with Gasteiger partial charge in [-0.15, -0.1) is 0 Å². The Morgan fingerprint density at radius 3 is 2.80 bits per heavy atom. The molecule has 2 heterocycles. The zero-order chi connectivity index (χ0) is 14.1. The Morgan fingerprint density at radius 1 is 1.30 bits per heavy atom. The molecule has 0 aromatic heterocycles. The van der Waals surface area contributed by atoms with Crippen LogP contribution in [0, 0.1) is 11.7 Å². The smallest absolute Gasteiger partial charge is 0.194 e. The number of hydrogen-bond donors (Lipinski definition) is 1. The standard InChI is InChI=1S/C16H22FN3/c1-11-3-8-15-9-18-16(20(15)10-11)19-12(2)13-4-6-14(17)7-5-13/h4-7,11-12,15H,3,8-10H2,1-2H3,(H,18,19)/t11?,12-,15?/m0/s1. The van der Waals surface area contributed by atoms with Gasteiger partial charge in [0, 0.05) is 6.54 Å². The Kier molecular flexibility index (Phi) is 3.64. The highest BCUT2D eigenvalue weighted by atomic mass is 19.1. The van der Waals surface area contributed by atoms with E-state index in [1.807, 2.05) is 12.1 Å². The average Bonchev–Trinajstić information content (AvgIpc) is 2.82. The zero-order valence-corrected chi connectivity index (χ0v) is 12.1. The summed E-state index contributed by atoms with van der Waals surface area (Å²) < 4.78 is 13.0. The lowest BCUT2D eigenvalue weighted by Gasteiger charge is -2.36. The number of aliphatic imine (C=N–C) groups is 1. The number of fused-ring (bicyclic) bond motifs is 1. The fourth-order valence-corrected chi connectivity index (χ4v) is 3.10. The van der Waals surface area contributed by atoms with Crippen LogP contribution in [0.5, 0.6) is 0 Å². The molecular formula is C16H22FN3. The Morgan fingerprint density at radius 2 is 2.05 bits per heavy atom. The number of hydrogen-bond acceptors (Lipinski definition) is 3. The van der Waals surface area contributed by atoms with Crippen molar-refractivity contribution in [3.63, 3.8) is 0 Å². The van der Waals surface area contributed by atoms with Crippen molar-refractivity contribution in [3.8, 4) is 0 Å². The molecule has 1 saturated heterocycles. The first-order valence-electron chi connectivity index (χ1n) is 7.46. The monoisotopic (exact) mass is 275 g/mol. The molecule has 3 nitrogen and oxygen atoms in total. The second kappa shape index (κ2) is 5.43. The molecule has 0 saturated carbocycles. The van der Waals surface area contributed by atoms with Gasteiger partial charge in [0.1, 0.15) is 5.82 Å². The van der Waals surface area contributed by atoms with Gasteiger partial charge in [-0.3, -0.25) is 4.99 Å². The summed E-state index contributed by atoms with van der Waals surface area (Å²) in [5, 5.41) is 3.49. The van der Waals surface area contributed by atoms with Crippen LogP contribution in [0.25, 0.3) is 0 Å². The Hall–Kier alpha value is -1.58. The molecule has 0 spiro atoms. The van der Waals surface area contributed by atoms with Crippen LogP contribution in [0.15, 0.2) is 29.3 Å². The predicted molar refractivity (Wildman–Crippen MR) is 79.1 cm³/mol.